The van der Waals surface area contributed by atoms with Gasteiger partial charge in [-0.05, 0) is 37.7 Å². The van der Waals surface area contributed by atoms with Gasteiger partial charge in [0.1, 0.15) is 24.2 Å². The van der Waals surface area contributed by atoms with E-state index >= 15 is 0 Å². The minimum absolute atomic E-state index is 0.000689. The maximum atomic E-state index is 12.9. The second-order valence-corrected chi connectivity index (χ2v) is 8.86. The molecule has 0 spiro atoms. The molecule has 13 heteroatoms. The maximum absolute atomic E-state index is 12.9. The molecule has 0 bridgehead atoms. The molecule has 32 heavy (non-hydrogen) atoms. The number of aliphatic carboxylic acids is 1. The van der Waals surface area contributed by atoms with E-state index in [4.69, 9.17) is 11.5 Å². The molecular formula is C19H35N5O7S. The number of hydrogen-bond acceptors (Lipinski definition) is 8. The molecule has 0 radical (unpaired) electrons. The zero-order valence-electron chi connectivity index (χ0n) is 18.8. The van der Waals surface area contributed by atoms with Crippen LogP contribution in [0.2, 0.25) is 0 Å². The number of rotatable bonds is 15. The largest absolute Gasteiger partial charge is 0.480 e. The highest BCUT2D eigenvalue weighted by molar-refractivity contribution is 7.98. The number of nitrogens with two attached hydrogens (primary N) is 2. The monoisotopic (exact) mass is 477 g/mol. The Labute approximate surface area is 191 Å². The van der Waals surface area contributed by atoms with Crippen LogP contribution in [-0.2, 0) is 24.0 Å². The van der Waals surface area contributed by atoms with Gasteiger partial charge in [0.15, 0.2) is 0 Å². The normalized spacial score (nSPS) is 15.7. The van der Waals surface area contributed by atoms with E-state index < -0.39 is 66.3 Å². The van der Waals surface area contributed by atoms with Gasteiger partial charge in [-0.2, -0.15) is 11.8 Å². The minimum Gasteiger partial charge on any atom is -0.480 e. The summed E-state index contributed by atoms with van der Waals surface area (Å²) in [5, 5.41) is 25.9. The minimum atomic E-state index is -1.54. The molecule has 0 aromatic rings. The second kappa shape index (κ2) is 14.6. The molecule has 5 atom stereocenters. The number of aliphatic hydroxyl groups is 1. The van der Waals surface area contributed by atoms with Crippen molar-refractivity contribution < 1.29 is 34.2 Å². The van der Waals surface area contributed by atoms with Crippen LogP contribution < -0.4 is 27.4 Å². The summed E-state index contributed by atoms with van der Waals surface area (Å²) in [4.78, 5) is 60.1. The van der Waals surface area contributed by atoms with Crippen molar-refractivity contribution in [2.75, 3.05) is 12.0 Å². The molecule has 9 N–H and O–H groups in total. The van der Waals surface area contributed by atoms with E-state index in [-0.39, 0.29) is 18.8 Å². The highest BCUT2D eigenvalue weighted by Gasteiger charge is 2.31. The van der Waals surface area contributed by atoms with Crippen molar-refractivity contribution in [2.24, 2.45) is 17.4 Å². The summed E-state index contributed by atoms with van der Waals surface area (Å²) < 4.78 is 0. The van der Waals surface area contributed by atoms with E-state index in [2.05, 4.69) is 16.0 Å². The fraction of sp³-hybridized carbons (Fsp3) is 0.737. The molecule has 0 aliphatic carbocycles. The van der Waals surface area contributed by atoms with Gasteiger partial charge < -0.3 is 37.6 Å². The first-order chi connectivity index (χ1) is 14.8. The molecule has 0 heterocycles. The molecule has 0 aromatic heterocycles. The van der Waals surface area contributed by atoms with Gasteiger partial charge in [0.2, 0.25) is 23.6 Å². The number of amides is 4. The van der Waals surface area contributed by atoms with Gasteiger partial charge in [-0.25, -0.2) is 4.79 Å². The quantitative estimate of drug-likeness (QED) is 0.137. The Kier molecular flexibility index (Phi) is 13.5. The van der Waals surface area contributed by atoms with Crippen LogP contribution in [0.5, 0.6) is 0 Å². The summed E-state index contributed by atoms with van der Waals surface area (Å²) >= 11 is 1.41. The molecule has 0 fully saturated rings. The van der Waals surface area contributed by atoms with Gasteiger partial charge in [0.05, 0.1) is 12.5 Å². The Bertz CT molecular complexity index is 674. The Morgan fingerprint density at radius 2 is 1.41 bits per heavy atom. The van der Waals surface area contributed by atoms with Crippen molar-refractivity contribution >= 4 is 41.4 Å². The Hall–Kier alpha value is -2.38. The van der Waals surface area contributed by atoms with E-state index in [0.29, 0.717) is 5.75 Å². The number of carbonyl (C=O) groups excluding carboxylic acids is 4. The number of aliphatic hydroxyl groups excluding tert-OH is 1. The molecule has 0 aliphatic heterocycles. The van der Waals surface area contributed by atoms with Gasteiger partial charge in [0.25, 0.3) is 0 Å². The van der Waals surface area contributed by atoms with Crippen molar-refractivity contribution in [3.05, 3.63) is 0 Å². The molecular weight excluding hydrogens is 442 g/mol. The van der Waals surface area contributed by atoms with Crippen molar-refractivity contribution in [1.82, 2.24) is 16.0 Å². The number of carboxylic acids is 1. The number of carboxylic acid groups (broad SMARTS) is 1. The Balaban J connectivity index is 5.48. The summed E-state index contributed by atoms with van der Waals surface area (Å²) in [6.07, 6.45) is 0.477. The zero-order chi connectivity index (χ0) is 25.0. The smallest absolute Gasteiger partial charge is 0.326 e. The lowest BCUT2D eigenvalue weighted by Crippen LogP contribution is -2.58. The van der Waals surface area contributed by atoms with Gasteiger partial charge in [-0.15, -0.1) is 0 Å². The third-order valence-corrected chi connectivity index (χ3v) is 5.07. The van der Waals surface area contributed by atoms with Crippen LogP contribution in [0.4, 0.5) is 0 Å². The molecule has 0 saturated heterocycles. The molecule has 12 nitrogen and oxygen atoms in total. The van der Waals surface area contributed by atoms with Crippen LogP contribution >= 0.6 is 11.8 Å². The fourth-order valence-electron chi connectivity index (χ4n) is 2.64. The van der Waals surface area contributed by atoms with Crippen molar-refractivity contribution in [3.63, 3.8) is 0 Å². The average Bonchev–Trinajstić information content (AvgIpc) is 2.68. The molecule has 4 amide bonds. The van der Waals surface area contributed by atoms with Crippen LogP contribution in [0.15, 0.2) is 0 Å². The van der Waals surface area contributed by atoms with Crippen LogP contribution in [0.3, 0.4) is 0 Å². The summed E-state index contributed by atoms with van der Waals surface area (Å²) in [7, 11) is 0. The van der Waals surface area contributed by atoms with Crippen molar-refractivity contribution in [3.8, 4) is 0 Å². The Morgan fingerprint density at radius 1 is 0.906 bits per heavy atom. The molecule has 0 rings (SSSR count). The first kappa shape index (κ1) is 29.6. The molecule has 0 saturated carbocycles. The first-order valence-corrected chi connectivity index (χ1v) is 11.5. The number of nitrogens with one attached hydrogen (secondary N) is 3. The highest BCUT2D eigenvalue weighted by atomic mass is 32.2. The van der Waals surface area contributed by atoms with E-state index in [1.807, 2.05) is 13.8 Å². The van der Waals surface area contributed by atoms with Gasteiger partial charge in [0, 0.05) is 0 Å². The number of primary amides is 1. The molecule has 0 aromatic carbocycles. The van der Waals surface area contributed by atoms with Crippen molar-refractivity contribution in [2.45, 2.75) is 70.3 Å². The molecule has 5 unspecified atom stereocenters. The SMILES string of the molecule is CSCCC(NC(=O)C(CC(C)C)NC(=O)C(N)C(C)O)C(=O)NC(CC(N)=O)C(=O)O. The summed E-state index contributed by atoms with van der Waals surface area (Å²) in [6, 6.07) is -4.92. The number of carbonyl (C=O) groups is 5. The summed E-state index contributed by atoms with van der Waals surface area (Å²) in [5.74, 6) is -4.05. The Morgan fingerprint density at radius 3 is 1.84 bits per heavy atom. The van der Waals surface area contributed by atoms with Crippen molar-refractivity contribution in [1.29, 1.82) is 0 Å². The maximum Gasteiger partial charge on any atom is 0.326 e. The lowest BCUT2D eigenvalue weighted by atomic mass is 10.0. The third-order valence-electron chi connectivity index (χ3n) is 4.43. The zero-order valence-corrected chi connectivity index (χ0v) is 19.6. The van der Waals surface area contributed by atoms with E-state index in [1.165, 1.54) is 18.7 Å². The lowest BCUT2D eigenvalue weighted by Gasteiger charge is -2.26. The topological polar surface area (TPSA) is 214 Å². The molecule has 184 valence electrons. The van der Waals surface area contributed by atoms with Gasteiger partial charge >= 0.3 is 5.97 Å². The fourth-order valence-corrected chi connectivity index (χ4v) is 3.11. The van der Waals surface area contributed by atoms with E-state index in [0.717, 1.165) is 0 Å². The number of hydrogen-bond donors (Lipinski definition) is 7. The molecule has 0 aliphatic rings. The van der Waals surface area contributed by atoms with Crippen LogP contribution in [0, 0.1) is 5.92 Å². The van der Waals surface area contributed by atoms with E-state index in [9.17, 15) is 34.2 Å². The average molecular weight is 478 g/mol. The predicted octanol–water partition coefficient (Wildman–Crippen LogP) is -2.09. The number of thioether (sulfide) groups is 1. The summed E-state index contributed by atoms with van der Waals surface area (Å²) in [6.45, 7) is 5.01. The van der Waals surface area contributed by atoms with Gasteiger partial charge in [-0.3, -0.25) is 19.2 Å². The van der Waals surface area contributed by atoms with Crippen LogP contribution in [-0.4, -0.2) is 82.1 Å². The first-order valence-electron chi connectivity index (χ1n) is 10.1. The summed E-state index contributed by atoms with van der Waals surface area (Å²) in [5.41, 5.74) is 10.7. The van der Waals surface area contributed by atoms with E-state index in [1.54, 1.807) is 6.26 Å². The standard InChI is InChI=1S/C19H35N5O7S/c1-9(2)7-12(23-18(29)15(21)10(3)25)17(28)22-11(5-6-32-4)16(27)24-13(19(30)31)8-14(20)26/h9-13,15,25H,5-8,21H2,1-4H3,(H2,20,26)(H,22,28)(H,23,29)(H,24,27)(H,30,31). The second-order valence-electron chi connectivity index (χ2n) is 7.87. The lowest BCUT2D eigenvalue weighted by molar-refractivity contribution is -0.143. The predicted molar refractivity (Wildman–Crippen MR) is 119 cm³/mol. The third kappa shape index (κ3) is 11.3. The van der Waals surface area contributed by atoms with Gasteiger partial charge in [-0.1, -0.05) is 13.8 Å². The van der Waals surface area contributed by atoms with Crippen LogP contribution in [0.1, 0.15) is 40.0 Å². The highest BCUT2D eigenvalue weighted by Crippen LogP contribution is 2.08. The van der Waals surface area contributed by atoms with Crippen LogP contribution in [0.25, 0.3) is 0 Å².